The van der Waals surface area contributed by atoms with Crippen LogP contribution in [0.1, 0.15) is 36.1 Å². The van der Waals surface area contributed by atoms with Crippen molar-refractivity contribution in [3.05, 3.63) is 54.3 Å². The van der Waals surface area contributed by atoms with Crippen molar-refractivity contribution in [1.82, 2.24) is 25.0 Å². The Morgan fingerprint density at radius 1 is 1.07 bits per heavy atom. The maximum atomic E-state index is 12.5. The van der Waals surface area contributed by atoms with Crippen LogP contribution in [0.15, 0.2) is 47.2 Å². The molecule has 1 aliphatic rings. The molecule has 8 heteroatoms. The lowest BCUT2D eigenvalue weighted by molar-refractivity contribution is 0.0740. The van der Waals surface area contributed by atoms with Gasteiger partial charge in [-0.1, -0.05) is 25.1 Å². The molecule has 0 aliphatic carbocycles. The molecule has 0 spiro atoms. The van der Waals surface area contributed by atoms with Gasteiger partial charge in [-0.05, 0) is 24.3 Å². The average molecular weight is 378 g/mol. The van der Waals surface area contributed by atoms with Crippen LogP contribution in [-0.2, 0) is 0 Å². The van der Waals surface area contributed by atoms with Crippen molar-refractivity contribution in [1.29, 1.82) is 0 Å². The Bertz CT molecular complexity index is 931. The van der Waals surface area contributed by atoms with Crippen LogP contribution in [0.5, 0.6) is 0 Å². The number of piperazine rings is 1. The Kier molecular flexibility index (Phi) is 5.01. The highest BCUT2D eigenvalue weighted by Crippen LogP contribution is 2.21. The number of pyridine rings is 2. The molecule has 0 unspecified atom stereocenters. The highest BCUT2D eigenvalue weighted by atomic mass is 16.5. The Morgan fingerprint density at radius 3 is 2.50 bits per heavy atom. The summed E-state index contributed by atoms with van der Waals surface area (Å²) in [6, 6.07) is 9.29. The third kappa shape index (κ3) is 3.71. The molecule has 144 valence electrons. The lowest BCUT2D eigenvalue weighted by atomic mass is 10.2. The van der Waals surface area contributed by atoms with Crippen molar-refractivity contribution in [2.45, 2.75) is 19.8 Å². The van der Waals surface area contributed by atoms with Gasteiger partial charge in [-0.25, -0.2) is 4.98 Å². The Balaban J connectivity index is 1.39. The lowest BCUT2D eigenvalue weighted by Gasteiger charge is -2.35. The molecule has 1 amide bonds. The second-order valence-electron chi connectivity index (χ2n) is 7.01. The van der Waals surface area contributed by atoms with Gasteiger partial charge in [0.05, 0.1) is 0 Å². The number of amides is 1. The van der Waals surface area contributed by atoms with E-state index in [1.165, 1.54) is 0 Å². The number of aromatic nitrogens is 4. The quantitative estimate of drug-likeness (QED) is 0.689. The minimum absolute atomic E-state index is 0.0263. The molecule has 1 aliphatic heterocycles. The maximum Gasteiger partial charge on any atom is 0.272 e. The van der Waals surface area contributed by atoms with E-state index in [0.29, 0.717) is 30.5 Å². The standard InChI is InChI=1S/C20H22N6O2/c1-14(2)19-23-18(24-28-19)15-6-7-17(22-13-15)25-9-11-26(12-10-25)20(27)16-5-3-4-8-21-16/h3-8,13-14H,9-12H2,1-2H3. The summed E-state index contributed by atoms with van der Waals surface area (Å²) in [5.41, 5.74) is 1.31. The molecule has 0 atom stereocenters. The van der Waals surface area contributed by atoms with E-state index in [9.17, 15) is 4.79 Å². The van der Waals surface area contributed by atoms with Gasteiger partial charge in [0, 0.05) is 50.1 Å². The van der Waals surface area contributed by atoms with Crippen molar-refractivity contribution in [2.75, 3.05) is 31.1 Å². The normalized spacial score (nSPS) is 14.5. The summed E-state index contributed by atoms with van der Waals surface area (Å²) in [5, 5.41) is 4.02. The van der Waals surface area contributed by atoms with E-state index in [0.717, 1.165) is 24.5 Å². The minimum atomic E-state index is -0.0263. The van der Waals surface area contributed by atoms with Crippen LogP contribution in [0, 0.1) is 0 Å². The molecule has 3 aromatic rings. The molecule has 1 fully saturated rings. The van der Waals surface area contributed by atoms with E-state index in [-0.39, 0.29) is 11.8 Å². The van der Waals surface area contributed by atoms with Crippen LogP contribution in [0.2, 0.25) is 0 Å². The van der Waals surface area contributed by atoms with Gasteiger partial charge in [-0.2, -0.15) is 4.98 Å². The van der Waals surface area contributed by atoms with Gasteiger partial charge in [0.2, 0.25) is 11.7 Å². The fraction of sp³-hybridized carbons (Fsp3) is 0.350. The molecule has 4 heterocycles. The molecule has 3 aromatic heterocycles. The predicted octanol–water partition coefficient (Wildman–Crippen LogP) is 2.61. The van der Waals surface area contributed by atoms with Gasteiger partial charge in [-0.3, -0.25) is 9.78 Å². The molecule has 4 rings (SSSR count). The van der Waals surface area contributed by atoms with Crippen LogP contribution in [0.4, 0.5) is 5.82 Å². The van der Waals surface area contributed by atoms with Crippen LogP contribution in [-0.4, -0.2) is 57.1 Å². The maximum absolute atomic E-state index is 12.5. The van der Waals surface area contributed by atoms with Crippen molar-refractivity contribution in [2.24, 2.45) is 0 Å². The minimum Gasteiger partial charge on any atom is -0.353 e. The summed E-state index contributed by atoms with van der Waals surface area (Å²) >= 11 is 0. The van der Waals surface area contributed by atoms with E-state index in [1.54, 1.807) is 18.5 Å². The van der Waals surface area contributed by atoms with Crippen molar-refractivity contribution < 1.29 is 9.32 Å². The van der Waals surface area contributed by atoms with Gasteiger partial charge in [0.15, 0.2) is 0 Å². The topological polar surface area (TPSA) is 88.3 Å². The SMILES string of the molecule is CC(C)c1nc(-c2ccc(N3CCN(C(=O)c4ccccn4)CC3)nc2)no1. The highest BCUT2D eigenvalue weighted by Gasteiger charge is 2.23. The molecule has 8 nitrogen and oxygen atoms in total. The summed E-state index contributed by atoms with van der Waals surface area (Å²) in [7, 11) is 0. The van der Waals surface area contributed by atoms with Crippen LogP contribution >= 0.6 is 0 Å². The van der Waals surface area contributed by atoms with Gasteiger partial charge in [0.25, 0.3) is 5.91 Å². The number of anilines is 1. The summed E-state index contributed by atoms with van der Waals surface area (Å²) in [6.07, 6.45) is 3.40. The Labute approximate surface area is 163 Å². The van der Waals surface area contributed by atoms with E-state index in [1.807, 2.05) is 43.0 Å². The van der Waals surface area contributed by atoms with Crippen molar-refractivity contribution in [3.8, 4) is 11.4 Å². The smallest absolute Gasteiger partial charge is 0.272 e. The fourth-order valence-electron chi connectivity index (χ4n) is 3.08. The Hall–Kier alpha value is -3.29. The monoisotopic (exact) mass is 378 g/mol. The third-order valence-electron chi connectivity index (χ3n) is 4.72. The van der Waals surface area contributed by atoms with Crippen LogP contribution in [0.25, 0.3) is 11.4 Å². The molecular weight excluding hydrogens is 356 g/mol. The zero-order valence-corrected chi connectivity index (χ0v) is 15.9. The first-order valence-electron chi connectivity index (χ1n) is 9.37. The second-order valence-corrected chi connectivity index (χ2v) is 7.01. The summed E-state index contributed by atoms with van der Waals surface area (Å²) in [5.74, 6) is 2.21. The van der Waals surface area contributed by atoms with E-state index in [2.05, 4.69) is 25.0 Å². The first kappa shape index (κ1) is 18.1. The van der Waals surface area contributed by atoms with Gasteiger partial charge in [0.1, 0.15) is 11.5 Å². The highest BCUT2D eigenvalue weighted by molar-refractivity contribution is 5.92. The fourth-order valence-corrected chi connectivity index (χ4v) is 3.08. The van der Waals surface area contributed by atoms with E-state index >= 15 is 0 Å². The second kappa shape index (κ2) is 7.75. The molecule has 0 N–H and O–H groups in total. The van der Waals surface area contributed by atoms with Gasteiger partial charge >= 0.3 is 0 Å². The Morgan fingerprint density at radius 2 is 1.89 bits per heavy atom. The lowest BCUT2D eigenvalue weighted by Crippen LogP contribution is -2.49. The molecule has 28 heavy (non-hydrogen) atoms. The molecule has 1 saturated heterocycles. The van der Waals surface area contributed by atoms with Crippen molar-refractivity contribution >= 4 is 11.7 Å². The predicted molar refractivity (Wildman–Crippen MR) is 104 cm³/mol. The molecule has 0 bridgehead atoms. The van der Waals surface area contributed by atoms with Crippen molar-refractivity contribution in [3.63, 3.8) is 0 Å². The third-order valence-corrected chi connectivity index (χ3v) is 4.72. The van der Waals surface area contributed by atoms with E-state index < -0.39 is 0 Å². The number of nitrogens with zero attached hydrogens (tertiary/aromatic N) is 6. The first-order chi connectivity index (χ1) is 13.6. The molecule has 0 aromatic carbocycles. The number of carbonyl (C=O) groups excluding carboxylic acids is 1. The van der Waals surface area contributed by atoms with Gasteiger partial charge in [-0.15, -0.1) is 0 Å². The number of hydrogen-bond donors (Lipinski definition) is 0. The number of carbonyl (C=O) groups is 1. The molecule has 0 radical (unpaired) electrons. The molecular formula is C20H22N6O2. The van der Waals surface area contributed by atoms with Gasteiger partial charge < -0.3 is 14.3 Å². The zero-order valence-electron chi connectivity index (χ0n) is 15.9. The average Bonchev–Trinajstić information content (AvgIpc) is 3.25. The molecule has 0 saturated carbocycles. The summed E-state index contributed by atoms with van der Waals surface area (Å²) in [6.45, 7) is 6.76. The summed E-state index contributed by atoms with van der Waals surface area (Å²) in [4.78, 5) is 29.6. The first-order valence-corrected chi connectivity index (χ1v) is 9.37. The number of hydrogen-bond acceptors (Lipinski definition) is 7. The van der Waals surface area contributed by atoms with Crippen LogP contribution in [0.3, 0.4) is 0 Å². The van der Waals surface area contributed by atoms with E-state index in [4.69, 9.17) is 4.52 Å². The van der Waals surface area contributed by atoms with Crippen LogP contribution < -0.4 is 4.90 Å². The zero-order chi connectivity index (χ0) is 19.5. The summed E-state index contributed by atoms with van der Waals surface area (Å²) < 4.78 is 5.26. The number of rotatable bonds is 4. The largest absolute Gasteiger partial charge is 0.353 e.